The van der Waals surface area contributed by atoms with Crippen molar-refractivity contribution in [2.24, 2.45) is 5.73 Å². The van der Waals surface area contributed by atoms with Crippen molar-refractivity contribution in [3.63, 3.8) is 0 Å². The van der Waals surface area contributed by atoms with Crippen LogP contribution in [-0.2, 0) is 4.79 Å². The van der Waals surface area contributed by atoms with Gasteiger partial charge in [0.25, 0.3) is 5.69 Å². The van der Waals surface area contributed by atoms with Gasteiger partial charge in [0.1, 0.15) is 5.65 Å². The number of hydrogen-bond acceptors (Lipinski definition) is 4. The van der Waals surface area contributed by atoms with Crippen molar-refractivity contribution in [2.75, 3.05) is 0 Å². The minimum Gasteiger partial charge on any atom is -0.369 e. The fourth-order valence-electron chi connectivity index (χ4n) is 1.44. The number of H-pyrrole nitrogens is 1. The second-order valence-electron chi connectivity index (χ2n) is 3.50. The maximum absolute atomic E-state index is 10.8. The molecule has 0 aliphatic carbocycles. The van der Waals surface area contributed by atoms with E-state index < -0.39 is 10.8 Å². The van der Waals surface area contributed by atoms with E-state index in [0.29, 0.717) is 16.6 Å². The third-order valence-corrected chi connectivity index (χ3v) is 2.20. The van der Waals surface area contributed by atoms with Crippen LogP contribution in [0.25, 0.3) is 11.0 Å². The third kappa shape index (κ3) is 2.27. The molecule has 7 heteroatoms. The highest BCUT2D eigenvalue weighted by Gasteiger charge is 2.14. The summed E-state index contributed by atoms with van der Waals surface area (Å²) in [6.07, 6.45) is 2.68. The first-order chi connectivity index (χ1) is 8.58. The van der Waals surface area contributed by atoms with Crippen LogP contribution >= 0.6 is 0 Å². The van der Waals surface area contributed by atoms with Crippen molar-refractivity contribution < 1.29 is 9.72 Å². The van der Waals surface area contributed by atoms with Crippen molar-refractivity contribution in [1.82, 2.24) is 9.97 Å². The van der Waals surface area contributed by atoms with Gasteiger partial charge in [0.05, 0.1) is 22.9 Å². The predicted molar refractivity (Wildman–Crippen MR) is 63.4 cm³/mol. The summed E-state index contributed by atoms with van der Waals surface area (Å²) in [5, 5.41) is 11.1. The number of fused-ring (bicyclic) bond motifs is 1. The lowest BCUT2D eigenvalue weighted by molar-refractivity contribution is -0.383. The van der Waals surface area contributed by atoms with E-state index >= 15 is 0 Å². The summed E-state index contributed by atoms with van der Waals surface area (Å²) >= 11 is 0. The van der Waals surface area contributed by atoms with E-state index in [4.69, 9.17) is 5.73 Å². The van der Waals surface area contributed by atoms with Gasteiger partial charge in [-0.1, -0.05) is 11.8 Å². The number of nitrogens with two attached hydrogens (primary N) is 1. The molecule has 0 radical (unpaired) electrons. The second-order valence-corrected chi connectivity index (χ2v) is 3.50. The number of nitrogens with one attached hydrogen (secondary N) is 1. The molecule has 0 aliphatic rings. The number of amides is 1. The molecule has 3 N–H and O–H groups in total. The molecule has 0 saturated heterocycles. The number of nitro groups is 1. The van der Waals surface area contributed by atoms with Crippen molar-refractivity contribution in [3.8, 4) is 11.8 Å². The van der Waals surface area contributed by atoms with Gasteiger partial charge in [-0.3, -0.25) is 14.9 Å². The summed E-state index contributed by atoms with van der Waals surface area (Å²) < 4.78 is 0. The van der Waals surface area contributed by atoms with Crippen LogP contribution in [0.4, 0.5) is 5.69 Å². The molecule has 0 aromatic carbocycles. The molecule has 0 saturated carbocycles. The van der Waals surface area contributed by atoms with E-state index in [0.717, 1.165) is 0 Å². The van der Waals surface area contributed by atoms with Gasteiger partial charge in [-0.2, -0.15) is 0 Å². The molecule has 0 aliphatic heterocycles. The first-order valence-electron chi connectivity index (χ1n) is 4.96. The van der Waals surface area contributed by atoms with Gasteiger partial charge in [0.15, 0.2) is 0 Å². The van der Waals surface area contributed by atoms with Crippen LogP contribution in [0.3, 0.4) is 0 Å². The Bertz CT molecular complexity index is 693. The number of primary amides is 1. The van der Waals surface area contributed by atoms with Gasteiger partial charge >= 0.3 is 0 Å². The number of hydrogen-bond donors (Lipinski definition) is 2. The molecule has 0 atom stereocenters. The molecule has 90 valence electrons. The lowest BCUT2D eigenvalue weighted by Gasteiger charge is -1.91. The number of pyridine rings is 1. The fraction of sp³-hybridized carbons (Fsp3) is 0.0909. The number of carbonyl (C=O) groups is 1. The van der Waals surface area contributed by atoms with Crippen LogP contribution in [-0.4, -0.2) is 20.8 Å². The van der Waals surface area contributed by atoms with Crippen LogP contribution < -0.4 is 5.73 Å². The largest absolute Gasteiger partial charge is 0.369 e. The quantitative estimate of drug-likeness (QED) is 0.459. The van der Waals surface area contributed by atoms with Gasteiger partial charge in [0, 0.05) is 11.8 Å². The predicted octanol–water partition coefficient (Wildman–Crippen LogP) is 0.698. The van der Waals surface area contributed by atoms with E-state index in [9.17, 15) is 14.9 Å². The summed E-state index contributed by atoms with van der Waals surface area (Å²) in [7, 11) is 0. The van der Waals surface area contributed by atoms with E-state index in [1.165, 1.54) is 12.4 Å². The van der Waals surface area contributed by atoms with E-state index in [1.54, 1.807) is 6.07 Å². The monoisotopic (exact) mass is 244 g/mol. The fourth-order valence-corrected chi connectivity index (χ4v) is 1.44. The number of aromatic nitrogens is 2. The van der Waals surface area contributed by atoms with Crippen LogP contribution in [0.5, 0.6) is 0 Å². The van der Waals surface area contributed by atoms with E-state index in [2.05, 4.69) is 21.8 Å². The average molecular weight is 244 g/mol. The molecular weight excluding hydrogens is 236 g/mol. The van der Waals surface area contributed by atoms with Crippen molar-refractivity contribution in [3.05, 3.63) is 34.1 Å². The number of rotatable bonds is 2. The molecule has 0 fully saturated rings. The molecule has 1 amide bonds. The summed E-state index contributed by atoms with van der Waals surface area (Å²) in [5.74, 6) is 4.71. The lowest BCUT2D eigenvalue weighted by atomic mass is 10.2. The summed E-state index contributed by atoms with van der Waals surface area (Å²) in [6, 6.07) is 1.55. The lowest BCUT2D eigenvalue weighted by Crippen LogP contribution is -2.08. The van der Waals surface area contributed by atoms with Gasteiger partial charge < -0.3 is 10.7 Å². The zero-order chi connectivity index (χ0) is 13.1. The third-order valence-electron chi connectivity index (χ3n) is 2.20. The van der Waals surface area contributed by atoms with Crippen LogP contribution in [0.15, 0.2) is 18.5 Å². The summed E-state index contributed by atoms with van der Waals surface area (Å²) in [5.41, 5.74) is 5.79. The van der Waals surface area contributed by atoms with Crippen LogP contribution in [0.1, 0.15) is 12.0 Å². The Hall–Kier alpha value is -2.88. The number of aromatic amines is 1. The Morgan fingerprint density at radius 1 is 1.61 bits per heavy atom. The highest BCUT2D eigenvalue weighted by atomic mass is 16.6. The van der Waals surface area contributed by atoms with Crippen molar-refractivity contribution in [1.29, 1.82) is 0 Å². The first-order valence-corrected chi connectivity index (χ1v) is 4.96. The van der Waals surface area contributed by atoms with E-state index in [-0.39, 0.29) is 12.1 Å². The second kappa shape index (κ2) is 4.55. The van der Waals surface area contributed by atoms with Gasteiger partial charge in [-0.25, -0.2) is 4.98 Å². The zero-order valence-corrected chi connectivity index (χ0v) is 9.14. The average Bonchev–Trinajstić information content (AvgIpc) is 2.71. The maximum Gasteiger partial charge on any atom is 0.296 e. The Morgan fingerprint density at radius 3 is 3.06 bits per heavy atom. The molecule has 7 nitrogen and oxygen atoms in total. The summed E-state index contributed by atoms with van der Waals surface area (Å²) in [6.45, 7) is 0. The Morgan fingerprint density at radius 2 is 2.39 bits per heavy atom. The number of nitrogens with zero attached hydrogens (tertiary/aromatic N) is 2. The van der Waals surface area contributed by atoms with Gasteiger partial charge in [-0.15, -0.1) is 0 Å². The molecule has 2 rings (SSSR count). The minimum atomic E-state index is -0.524. The van der Waals surface area contributed by atoms with E-state index in [1.807, 2.05) is 0 Å². The molecule has 18 heavy (non-hydrogen) atoms. The van der Waals surface area contributed by atoms with Crippen molar-refractivity contribution in [2.45, 2.75) is 6.42 Å². The Kier molecular flexibility index (Phi) is 2.93. The molecule has 0 unspecified atom stereocenters. The van der Waals surface area contributed by atoms with Gasteiger partial charge in [-0.05, 0) is 6.07 Å². The van der Waals surface area contributed by atoms with Crippen LogP contribution in [0.2, 0.25) is 0 Å². The van der Waals surface area contributed by atoms with Crippen molar-refractivity contribution >= 4 is 22.6 Å². The summed E-state index contributed by atoms with van der Waals surface area (Å²) in [4.78, 5) is 27.5. The van der Waals surface area contributed by atoms with Gasteiger partial charge in [0.2, 0.25) is 5.91 Å². The molecular formula is C11H8N4O3. The topological polar surface area (TPSA) is 115 Å². The first kappa shape index (κ1) is 11.6. The Balaban J connectivity index is 2.41. The molecule has 0 spiro atoms. The minimum absolute atomic E-state index is 0.0592. The standard InChI is InChI=1S/C11H8N4O3/c12-10(16)3-1-2-7-4-8-9(15(17)18)6-14-11(8)13-5-7/h4-6H,3H2,(H2,12,16)(H,13,14). The number of carbonyl (C=O) groups excluding carboxylic acids is 1. The highest BCUT2D eigenvalue weighted by molar-refractivity contribution is 5.87. The molecule has 2 aromatic heterocycles. The normalized spacial score (nSPS) is 9.78. The van der Waals surface area contributed by atoms with Crippen LogP contribution in [0, 0.1) is 22.0 Å². The highest BCUT2D eigenvalue weighted by Crippen LogP contribution is 2.23. The Labute approximate surface area is 101 Å². The smallest absolute Gasteiger partial charge is 0.296 e. The maximum atomic E-state index is 10.8. The molecule has 2 heterocycles. The molecule has 2 aromatic rings. The molecule has 0 bridgehead atoms. The SMILES string of the molecule is NC(=O)CC#Cc1cnc2[nH]cc([N+](=O)[O-])c2c1. The zero-order valence-electron chi connectivity index (χ0n) is 9.14.